The molecule has 28 heteroatoms. The number of hydroxylamine groups is 1. The van der Waals surface area contributed by atoms with E-state index in [2.05, 4.69) is 43.9 Å². The Bertz CT molecular complexity index is 2070. The van der Waals surface area contributed by atoms with E-state index in [1.54, 1.807) is 24.3 Å². The monoisotopic (exact) mass is 1020 g/mol. The quantitative estimate of drug-likeness (QED) is 0.00898. The molecular weight excluding hydrogens is 967 g/mol. The van der Waals surface area contributed by atoms with Crippen LogP contribution in [-0.2, 0) is 75.9 Å². The van der Waals surface area contributed by atoms with Gasteiger partial charge in [-0.3, -0.25) is 48.1 Å². The number of esters is 4. The lowest BCUT2D eigenvalue weighted by atomic mass is 9.95. The number of aliphatic carboxylic acids is 1. The Labute approximate surface area is 401 Å². The van der Waals surface area contributed by atoms with E-state index < -0.39 is 108 Å². The van der Waals surface area contributed by atoms with Gasteiger partial charge in [0, 0.05) is 68.5 Å². The molecule has 368 valence electrons. The van der Waals surface area contributed by atoms with Crippen molar-refractivity contribution in [3.8, 4) is 0 Å². The minimum Gasteiger partial charge on any atom is -0.477 e. The first-order valence-corrected chi connectivity index (χ1v) is 23.8. The van der Waals surface area contributed by atoms with E-state index in [-0.39, 0.29) is 54.8 Å². The Balaban J connectivity index is 1.23. The van der Waals surface area contributed by atoms with Gasteiger partial charge in [-0.2, -0.15) is 5.48 Å². The van der Waals surface area contributed by atoms with E-state index in [9.17, 15) is 53.1 Å². The van der Waals surface area contributed by atoms with E-state index in [0.29, 0.717) is 17.0 Å². The molecule has 2 saturated heterocycles. The molecule has 3 aliphatic rings. The molecule has 1 aromatic rings. The zero-order chi connectivity index (χ0) is 49.4. The average molecular weight is 1020 g/mol. The molecule has 0 aromatic heterocycles. The number of carbonyl (C=O) groups excluding carboxylic acids is 9. The molecule has 8 N–H and O–H groups in total. The van der Waals surface area contributed by atoms with Crippen molar-refractivity contribution in [1.82, 2.24) is 26.3 Å². The normalized spacial score (nSPS) is 22.4. The van der Waals surface area contributed by atoms with Crippen LogP contribution < -0.4 is 32.5 Å². The number of nitrogens with two attached hydrogens (primary N) is 1. The topological polar surface area (TPSA) is 336 Å². The van der Waals surface area contributed by atoms with Crippen molar-refractivity contribution in [2.75, 3.05) is 48.0 Å². The largest absolute Gasteiger partial charge is 0.477 e. The SMILES string of the molecule is CC(=O)OCC1O[C@@H](OC(C)=O)[C@@H](NC(=O)CCCNC(=O)C(CSCC(=O)Nc2ccc(SCC3=C(C(=O)O)N4C(=O)C(NC(=O)CN)C4SC3)cc2)NOS)C(OC(C)=O)[C@@H]1OC(C)=O. The summed E-state index contributed by atoms with van der Waals surface area (Å²) in [5, 5.41) is 19.9. The van der Waals surface area contributed by atoms with E-state index >= 15 is 0 Å². The first-order chi connectivity index (χ1) is 31.8. The maximum absolute atomic E-state index is 13.2. The second-order valence-corrected chi connectivity index (χ2v) is 18.0. The number of anilines is 1. The van der Waals surface area contributed by atoms with Gasteiger partial charge in [-0.25, -0.2) is 9.08 Å². The summed E-state index contributed by atoms with van der Waals surface area (Å²) in [5.74, 6) is -6.39. The third-order valence-corrected chi connectivity index (χ3v) is 13.1. The number of thioether (sulfide) groups is 3. The van der Waals surface area contributed by atoms with Crippen LogP contribution in [0.25, 0.3) is 0 Å². The van der Waals surface area contributed by atoms with Crippen LogP contribution in [0, 0.1) is 0 Å². The summed E-state index contributed by atoms with van der Waals surface area (Å²) < 4.78 is 31.5. The highest BCUT2D eigenvalue weighted by Gasteiger charge is 2.54. The molecule has 0 aliphatic carbocycles. The second-order valence-electron chi connectivity index (χ2n) is 14.6. The average Bonchev–Trinajstić information content (AvgIpc) is 3.26. The predicted molar refractivity (Wildman–Crippen MR) is 241 cm³/mol. The van der Waals surface area contributed by atoms with E-state index in [4.69, 9.17) is 29.4 Å². The Morgan fingerprint density at radius 2 is 1.60 bits per heavy atom. The Hall–Kier alpha value is -5.10. The maximum Gasteiger partial charge on any atom is 0.352 e. The van der Waals surface area contributed by atoms with E-state index in [1.807, 2.05) is 0 Å². The molecule has 3 heterocycles. The number of carbonyl (C=O) groups is 10. The van der Waals surface area contributed by atoms with Crippen molar-refractivity contribution < 1.29 is 81.0 Å². The molecule has 1 aromatic carbocycles. The number of hydrogen-bond acceptors (Lipinski definition) is 22. The summed E-state index contributed by atoms with van der Waals surface area (Å²) in [7, 11) is 0. The summed E-state index contributed by atoms with van der Waals surface area (Å²) in [6, 6.07) is 3.62. The molecule has 5 unspecified atom stereocenters. The Morgan fingerprint density at radius 1 is 0.925 bits per heavy atom. The third-order valence-electron chi connectivity index (χ3n) is 9.52. The van der Waals surface area contributed by atoms with Crippen LogP contribution in [0.1, 0.15) is 40.5 Å². The van der Waals surface area contributed by atoms with E-state index in [1.165, 1.54) is 28.4 Å². The number of hydrogen-bond donors (Lipinski definition) is 8. The van der Waals surface area contributed by atoms with Crippen molar-refractivity contribution in [3.05, 3.63) is 35.5 Å². The molecule has 8 atom stereocenters. The lowest BCUT2D eigenvalue weighted by molar-refractivity contribution is -0.271. The fourth-order valence-corrected chi connectivity index (χ4v) is 10.0. The van der Waals surface area contributed by atoms with Crippen LogP contribution in [0.5, 0.6) is 0 Å². The summed E-state index contributed by atoms with van der Waals surface area (Å²) in [6.07, 6.45) is -5.80. The number of carboxylic acid groups (broad SMARTS) is 1. The molecule has 4 rings (SSSR count). The first-order valence-electron chi connectivity index (χ1n) is 20.3. The van der Waals surface area contributed by atoms with Crippen LogP contribution in [0.2, 0.25) is 0 Å². The fraction of sp³-hybridized carbons (Fsp3) is 0.538. The maximum atomic E-state index is 13.2. The van der Waals surface area contributed by atoms with E-state index in [0.717, 1.165) is 44.4 Å². The smallest absolute Gasteiger partial charge is 0.352 e. The molecular formula is C39H51N7O17S4. The molecule has 0 saturated carbocycles. The second kappa shape index (κ2) is 26.4. The summed E-state index contributed by atoms with van der Waals surface area (Å²) in [6.45, 7) is 3.56. The molecule has 24 nitrogen and oxygen atoms in total. The molecule has 3 aliphatic heterocycles. The van der Waals surface area contributed by atoms with Gasteiger partial charge in [0.15, 0.2) is 12.2 Å². The van der Waals surface area contributed by atoms with Crippen LogP contribution in [0.4, 0.5) is 5.69 Å². The van der Waals surface area contributed by atoms with Gasteiger partial charge in [-0.15, -0.1) is 35.3 Å². The standard InChI is InChI=1S/C39H51N7O17S4/c1-18(47)58-13-26-33(59-19(2)48)34(60-20(3)49)30(39(62-26)61-21(4)50)43-27(51)6-5-11-41-35(54)25(45-63-64)16-65-17-29(53)42-23-7-9-24(10-8-23)66-14-22-15-67-37-31(44-28(52)12-40)36(55)46(37)32(22)38(56)57/h7-10,25-26,30-31,33-34,37,39,45,64H,5-6,11-17,40H2,1-4H3,(H,41,54)(H,42,53)(H,43,51)(H,44,52)(H,56,57)/t25?,26?,30-,31?,33+,34?,37?,39+/m0/s1. The molecule has 0 radical (unpaired) electrons. The van der Waals surface area contributed by atoms with Gasteiger partial charge in [0.1, 0.15) is 41.9 Å². The van der Waals surface area contributed by atoms with Crippen LogP contribution >= 0.6 is 48.2 Å². The van der Waals surface area contributed by atoms with Crippen molar-refractivity contribution >= 4 is 113 Å². The van der Waals surface area contributed by atoms with Crippen molar-refractivity contribution in [1.29, 1.82) is 0 Å². The molecule has 67 heavy (non-hydrogen) atoms. The number of rotatable bonds is 24. The lowest BCUT2D eigenvalue weighted by Crippen LogP contribution is -2.71. The van der Waals surface area contributed by atoms with Gasteiger partial charge in [0.25, 0.3) is 5.91 Å². The zero-order valence-corrected chi connectivity index (χ0v) is 39.8. The molecule has 0 bridgehead atoms. The summed E-state index contributed by atoms with van der Waals surface area (Å²) in [4.78, 5) is 125. The number of β-lactam (4-membered cyclic amide) rings is 1. The summed E-state index contributed by atoms with van der Waals surface area (Å²) in [5.41, 5.74) is 8.70. The Kier molecular flexibility index (Phi) is 21.5. The Morgan fingerprint density at radius 3 is 2.21 bits per heavy atom. The van der Waals surface area contributed by atoms with Crippen LogP contribution in [-0.4, -0.2) is 160 Å². The number of carboxylic acids is 1. The highest BCUT2D eigenvalue weighted by molar-refractivity contribution is 8.01. The van der Waals surface area contributed by atoms with Crippen molar-refractivity contribution in [2.45, 2.75) is 93.5 Å². The van der Waals surface area contributed by atoms with Gasteiger partial charge in [0.05, 0.1) is 12.3 Å². The number of amides is 5. The van der Waals surface area contributed by atoms with Gasteiger partial charge in [-0.1, -0.05) is 0 Å². The third kappa shape index (κ3) is 16.3. The fourth-order valence-electron chi connectivity index (χ4n) is 6.69. The highest BCUT2D eigenvalue weighted by Crippen LogP contribution is 2.41. The number of nitrogens with one attached hydrogen (secondary N) is 5. The molecule has 0 spiro atoms. The van der Waals surface area contributed by atoms with Crippen molar-refractivity contribution in [2.24, 2.45) is 5.73 Å². The first kappa shape index (κ1) is 54.5. The highest BCUT2D eigenvalue weighted by atomic mass is 32.2. The number of ether oxygens (including phenoxy) is 5. The van der Waals surface area contributed by atoms with Crippen LogP contribution in [0.3, 0.4) is 0 Å². The summed E-state index contributed by atoms with van der Waals surface area (Å²) >= 11 is 7.48. The number of benzene rings is 1. The number of thiol groups is 1. The lowest BCUT2D eigenvalue weighted by Gasteiger charge is -2.49. The van der Waals surface area contributed by atoms with Gasteiger partial charge in [-0.05, 0) is 49.2 Å². The van der Waals surface area contributed by atoms with Gasteiger partial charge in [0.2, 0.25) is 29.9 Å². The number of nitrogens with zero attached hydrogens (tertiary/aromatic N) is 1. The molecule has 5 amide bonds. The minimum absolute atomic E-state index is 0.00825. The van der Waals surface area contributed by atoms with Gasteiger partial charge >= 0.3 is 29.8 Å². The zero-order valence-electron chi connectivity index (χ0n) is 36.5. The van der Waals surface area contributed by atoms with Crippen LogP contribution in [0.15, 0.2) is 40.4 Å². The minimum atomic E-state index is -1.57. The number of fused-ring (bicyclic) bond motifs is 1. The van der Waals surface area contributed by atoms with Crippen molar-refractivity contribution in [3.63, 3.8) is 0 Å². The molecule has 2 fully saturated rings. The predicted octanol–water partition coefficient (Wildman–Crippen LogP) is -1.02. The van der Waals surface area contributed by atoms with Gasteiger partial charge < -0.3 is 55.8 Å².